The highest BCUT2D eigenvalue weighted by atomic mass is 19.1. The Bertz CT molecular complexity index is 1230. The van der Waals surface area contributed by atoms with Crippen molar-refractivity contribution in [3.8, 4) is 17.4 Å². The normalized spacial score (nSPS) is 13.6. The first-order valence-corrected chi connectivity index (χ1v) is 9.22. The van der Waals surface area contributed by atoms with E-state index in [1.807, 2.05) is 12.1 Å². The third kappa shape index (κ3) is 3.31. The highest BCUT2D eigenvalue weighted by Crippen LogP contribution is 2.29. The number of fused-ring (bicyclic) bond motifs is 1. The van der Waals surface area contributed by atoms with Gasteiger partial charge in [0.15, 0.2) is 5.82 Å². The lowest BCUT2D eigenvalue weighted by Crippen LogP contribution is -2.13. The van der Waals surface area contributed by atoms with E-state index in [0.29, 0.717) is 22.3 Å². The van der Waals surface area contributed by atoms with Gasteiger partial charge in [0.05, 0.1) is 22.8 Å². The van der Waals surface area contributed by atoms with Gasteiger partial charge in [-0.3, -0.25) is 9.89 Å². The Morgan fingerprint density at radius 1 is 1.34 bits per heavy atom. The second-order valence-electron chi connectivity index (χ2n) is 6.97. The Labute approximate surface area is 164 Å². The molecule has 0 atom stereocenters. The van der Waals surface area contributed by atoms with Gasteiger partial charge in [0.2, 0.25) is 0 Å². The second kappa shape index (κ2) is 6.69. The van der Waals surface area contributed by atoms with Crippen molar-refractivity contribution in [2.45, 2.75) is 25.9 Å². The first kappa shape index (κ1) is 17.4. The van der Waals surface area contributed by atoms with Crippen LogP contribution < -0.4 is 10.1 Å². The van der Waals surface area contributed by atoms with Crippen LogP contribution in [0.4, 0.5) is 10.1 Å². The summed E-state index contributed by atoms with van der Waals surface area (Å²) < 4.78 is 21.7. The van der Waals surface area contributed by atoms with Crippen LogP contribution in [0.5, 0.6) is 6.01 Å². The number of anilines is 1. The van der Waals surface area contributed by atoms with Crippen molar-refractivity contribution >= 4 is 17.1 Å². The maximum absolute atomic E-state index is 14.6. The molecule has 0 radical (unpaired) electrons. The molecule has 1 aliphatic carbocycles. The summed E-state index contributed by atoms with van der Waals surface area (Å²) in [6, 6.07) is 8.55. The molecule has 0 spiro atoms. The molecule has 0 saturated heterocycles. The summed E-state index contributed by atoms with van der Waals surface area (Å²) >= 11 is 0. The minimum atomic E-state index is -0.467. The molecular weight excluding hydrogens is 375 g/mol. The zero-order chi connectivity index (χ0) is 20.0. The molecule has 29 heavy (non-hydrogen) atoms. The molecule has 9 heteroatoms. The summed E-state index contributed by atoms with van der Waals surface area (Å²) in [6.07, 6.45) is 5.36. The lowest BCUT2D eigenvalue weighted by molar-refractivity contribution is 0.102. The van der Waals surface area contributed by atoms with Gasteiger partial charge in [-0.15, -0.1) is 5.10 Å². The number of aryl methyl sites for hydroxylation is 1. The van der Waals surface area contributed by atoms with Crippen LogP contribution in [0.2, 0.25) is 0 Å². The van der Waals surface area contributed by atoms with Gasteiger partial charge in [-0.1, -0.05) is 6.07 Å². The number of ether oxygens (including phenoxy) is 1. The molecule has 1 saturated carbocycles. The molecule has 1 aliphatic rings. The highest BCUT2D eigenvalue weighted by molar-refractivity contribution is 6.09. The Balaban J connectivity index is 1.44. The fraction of sp³-hybridized carbons (Fsp3) is 0.200. The Morgan fingerprint density at radius 2 is 2.21 bits per heavy atom. The zero-order valence-electron chi connectivity index (χ0n) is 15.5. The van der Waals surface area contributed by atoms with E-state index >= 15 is 0 Å². The largest absolute Gasteiger partial charge is 0.459 e. The molecular formula is C20H17FN6O2. The number of carbonyl (C=O) groups excluding carboxylic acids is 1. The lowest BCUT2D eigenvalue weighted by Gasteiger charge is -2.10. The lowest BCUT2D eigenvalue weighted by atomic mass is 10.1. The minimum absolute atomic E-state index is 0.141. The van der Waals surface area contributed by atoms with Crippen LogP contribution in [-0.2, 0) is 0 Å². The number of aromatic nitrogens is 5. The van der Waals surface area contributed by atoms with Crippen LogP contribution in [-0.4, -0.2) is 36.8 Å². The van der Waals surface area contributed by atoms with Crippen molar-refractivity contribution in [1.29, 1.82) is 0 Å². The van der Waals surface area contributed by atoms with Crippen LogP contribution in [0, 0.1) is 12.7 Å². The number of nitrogens with one attached hydrogen (secondary N) is 2. The summed E-state index contributed by atoms with van der Waals surface area (Å²) in [7, 11) is 0. The van der Waals surface area contributed by atoms with Crippen LogP contribution in [0.1, 0.15) is 28.8 Å². The van der Waals surface area contributed by atoms with Crippen LogP contribution in [0.25, 0.3) is 16.9 Å². The Morgan fingerprint density at radius 3 is 3.03 bits per heavy atom. The van der Waals surface area contributed by atoms with Crippen molar-refractivity contribution in [2.75, 3.05) is 5.32 Å². The molecule has 3 aromatic heterocycles. The third-order valence-electron chi connectivity index (χ3n) is 4.75. The van der Waals surface area contributed by atoms with Crippen LogP contribution in [0.3, 0.4) is 0 Å². The van der Waals surface area contributed by atoms with Gasteiger partial charge in [0.25, 0.3) is 5.91 Å². The molecule has 0 aliphatic heterocycles. The smallest absolute Gasteiger partial charge is 0.336 e. The quantitative estimate of drug-likeness (QED) is 0.543. The van der Waals surface area contributed by atoms with Crippen molar-refractivity contribution in [3.05, 3.63) is 59.7 Å². The number of H-pyrrole nitrogens is 1. The van der Waals surface area contributed by atoms with E-state index in [4.69, 9.17) is 4.74 Å². The van der Waals surface area contributed by atoms with Gasteiger partial charge >= 0.3 is 6.01 Å². The third-order valence-corrected chi connectivity index (χ3v) is 4.75. The molecule has 5 rings (SSSR count). The molecule has 0 unspecified atom stereocenters. The van der Waals surface area contributed by atoms with Crippen molar-refractivity contribution < 1.29 is 13.9 Å². The number of aromatic amines is 1. The molecule has 1 aromatic carbocycles. The zero-order valence-corrected chi connectivity index (χ0v) is 15.5. The minimum Gasteiger partial charge on any atom is -0.459 e. The first-order chi connectivity index (χ1) is 14.1. The number of rotatable bonds is 5. The van der Waals surface area contributed by atoms with Crippen molar-refractivity contribution in [3.63, 3.8) is 0 Å². The number of halogens is 1. The van der Waals surface area contributed by atoms with E-state index < -0.39 is 5.82 Å². The molecule has 8 nitrogen and oxygen atoms in total. The highest BCUT2D eigenvalue weighted by Gasteiger charge is 2.25. The van der Waals surface area contributed by atoms with E-state index in [0.717, 1.165) is 12.8 Å². The molecule has 146 valence electrons. The number of carbonyl (C=O) groups is 1. The molecule has 1 fully saturated rings. The monoisotopic (exact) mass is 392 g/mol. The van der Waals surface area contributed by atoms with Gasteiger partial charge in [-0.05, 0) is 49.6 Å². The average Bonchev–Trinajstić information content (AvgIpc) is 3.23. The predicted octanol–water partition coefficient (Wildman–Crippen LogP) is 3.36. The number of hydrogen-bond acceptors (Lipinski definition) is 5. The molecule has 4 aromatic rings. The van der Waals surface area contributed by atoms with Gasteiger partial charge < -0.3 is 10.1 Å². The van der Waals surface area contributed by atoms with Crippen molar-refractivity contribution in [2.24, 2.45) is 0 Å². The Kier molecular flexibility index (Phi) is 4.01. The molecule has 2 N–H and O–H groups in total. The standard InChI is InChI=1S/C20H17FN6O2/c1-11-8-15(21)13(18-24-20(26-25-18)29-12-5-6-12)9-16(11)23-19(28)14-10-22-27-7-3-2-4-17(14)27/h2-4,7-10,12H,5-6H2,1H3,(H,23,28)(H,24,25,26). The number of hydrogen-bond donors (Lipinski definition) is 2. The summed E-state index contributed by atoms with van der Waals surface area (Å²) in [5.41, 5.74) is 2.37. The van der Waals surface area contributed by atoms with E-state index in [1.54, 1.807) is 23.7 Å². The number of nitrogens with zero attached hydrogens (tertiary/aromatic N) is 4. The first-order valence-electron chi connectivity index (χ1n) is 9.22. The van der Waals surface area contributed by atoms with E-state index in [9.17, 15) is 9.18 Å². The van der Waals surface area contributed by atoms with Gasteiger partial charge in [-0.25, -0.2) is 8.91 Å². The SMILES string of the molecule is Cc1cc(F)c(-c2nc(OC3CC3)n[nH]2)cc1NC(=O)c1cnn2ccccc12. The number of benzene rings is 1. The predicted molar refractivity (Wildman–Crippen MR) is 103 cm³/mol. The molecule has 0 bridgehead atoms. The molecule has 3 heterocycles. The van der Waals surface area contributed by atoms with E-state index in [2.05, 4.69) is 25.6 Å². The van der Waals surface area contributed by atoms with Gasteiger partial charge in [-0.2, -0.15) is 10.1 Å². The van der Waals surface area contributed by atoms with E-state index in [-0.39, 0.29) is 29.4 Å². The van der Waals surface area contributed by atoms with Crippen LogP contribution in [0.15, 0.2) is 42.7 Å². The van der Waals surface area contributed by atoms with Crippen LogP contribution >= 0.6 is 0 Å². The average molecular weight is 392 g/mol. The van der Waals surface area contributed by atoms with Crippen molar-refractivity contribution in [1.82, 2.24) is 24.8 Å². The summed E-state index contributed by atoms with van der Waals surface area (Å²) in [4.78, 5) is 17.0. The number of amides is 1. The summed E-state index contributed by atoms with van der Waals surface area (Å²) in [5.74, 6) is -0.558. The molecule has 1 amide bonds. The van der Waals surface area contributed by atoms with E-state index in [1.165, 1.54) is 18.3 Å². The Hall–Kier alpha value is -3.75. The fourth-order valence-corrected chi connectivity index (χ4v) is 3.04. The maximum atomic E-state index is 14.6. The number of pyridine rings is 1. The fourth-order valence-electron chi connectivity index (χ4n) is 3.04. The van der Waals surface area contributed by atoms with Gasteiger partial charge in [0, 0.05) is 11.9 Å². The maximum Gasteiger partial charge on any atom is 0.336 e. The summed E-state index contributed by atoms with van der Waals surface area (Å²) in [6.45, 7) is 1.72. The van der Waals surface area contributed by atoms with Gasteiger partial charge in [0.1, 0.15) is 11.9 Å². The summed E-state index contributed by atoms with van der Waals surface area (Å²) in [5, 5.41) is 13.7. The second-order valence-corrected chi connectivity index (χ2v) is 6.97. The topological polar surface area (TPSA) is 97.2 Å².